The molecule has 0 bridgehead atoms. The van der Waals surface area contributed by atoms with Gasteiger partial charge in [0.1, 0.15) is 23.3 Å². The van der Waals surface area contributed by atoms with Crippen LogP contribution in [0, 0.1) is 0 Å². The summed E-state index contributed by atoms with van der Waals surface area (Å²) in [4.78, 5) is 12.0. The minimum Gasteiger partial charge on any atom is -0.499 e. The summed E-state index contributed by atoms with van der Waals surface area (Å²) >= 11 is 0. The summed E-state index contributed by atoms with van der Waals surface area (Å²) in [6, 6.07) is 5.18. The monoisotopic (exact) mass is 412 g/mol. The minimum atomic E-state index is -0.825. The summed E-state index contributed by atoms with van der Waals surface area (Å²) < 4.78 is 16.9. The highest BCUT2D eigenvalue weighted by atomic mass is 16.5. The number of allylic oxidation sites excluding steroid dienone is 4. The SMILES string of the molecule is CCC=CCCOc1c(O)c(=O)oc2cccc(OCC=C(C)CCC=C(C)C)c12. The largest absolute Gasteiger partial charge is 0.499 e. The van der Waals surface area contributed by atoms with Gasteiger partial charge in [-0.2, -0.15) is 0 Å². The molecular formula is C25H32O5. The van der Waals surface area contributed by atoms with Crippen molar-refractivity contribution >= 4 is 11.0 Å². The number of benzene rings is 1. The Hall–Kier alpha value is -2.95. The van der Waals surface area contributed by atoms with Crippen molar-refractivity contribution in [3.05, 3.63) is 64.1 Å². The van der Waals surface area contributed by atoms with Gasteiger partial charge >= 0.3 is 5.63 Å². The van der Waals surface area contributed by atoms with Crippen LogP contribution >= 0.6 is 0 Å². The Balaban J connectivity index is 2.21. The molecule has 0 atom stereocenters. The van der Waals surface area contributed by atoms with Gasteiger partial charge in [0.15, 0.2) is 5.75 Å². The molecule has 30 heavy (non-hydrogen) atoms. The number of hydrogen-bond acceptors (Lipinski definition) is 5. The van der Waals surface area contributed by atoms with E-state index in [4.69, 9.17) is 13.9 Å². The summed E-state index contributed by atoms with van der Waals surface area (Å²) in [6.45, 7) is 9.03. The number of fused-ring (bicyclic) bond motifs is 1. The minimum absolute atomic E-state index is 0.103. The molecular weight excluding hydrogens is 380 g/mol. The molecule has 0 radical (unpaired) electrons. The topological polar surface area (TPSA) is 68.9 Å². The van der Waals surface area contributed by atoms with E-state index in [1.807, 2.05) is 18.2 Å². The number of aromatic hydroxyl groups is 1. The molecule has 0 aliphatic heterocycles. The van der Waals surface area contributed by atoms with E-state index in [0.29, 0.717) is 36.4 Å². The molecule has 5 heteroatoms. The van der Waals surface area contributed by atoms with Crippen LogP contribution < -0.4 is 15.1 Å². The van der Waals surface area contributed by atoms with Gasteiger partial charge in [-0.25, -0.2) is 4.79 Å². The van der Waals surface area contributed by atoms with E-state index in [9.17, 15) is 9.90 Å². The van der Waals surface area contributed by atoms with Crippen LogP contribution in [0.25, 0.3) is 11.0 Å². The van der Waals surface area contributed by atoms with Crippen molar-refractivity contribution in [2.24, 2.45) is 0 Å². The van der Waals surface area contributed by atoms with Gasteiger partial charge in [0, 0.05) is 0 Å². The van der Waals surface area contributed by atoms with Crippen molar-refractivity contribution in [2.75, 3.05) is 13.2 Å². The van der Waals surface area contributed by atoms with Gasteiger partial charge in [-0.1, -0.05) is 42.4 Å². The van der Waals surface area contributed by atoms with Crippen LogP contribution in [0.4, 0.5) is 0 Å². The first-order valence-corrected chi connectivity index (χ1v) is 10.4. The zero-order valence-electron chi connectivity index (χ0n) is 18.4. The fourth-order valence-electron chi connectivity index (χ4n) is 2.92. The molecule has 0 amide bonds. The molecule has 0 fully saturated rings. The first-order chi connectivity index (χ1) is 14.4. The quantitative estimate of drug-likeness (QED) is 0.266. The van der Waals surface area contributed by atoms with Gasteiger partial charge in [-0.15, -0.1) is 0 Å². The molecule has 2 rings (SSSR count). The van der Waals surface area contributed by atoms with E-state index >= 15 is 0 Å². The Morgan fingerprint density at radius 2 is 1.90 bits per heavy atom. The average molecular weight is 413 g/mol. The Kier molecular flexibility index (Phi) is 9.26. The smallest absolute Gasteiger partial charge is 0.382 e. The molecule has 0 aliphatic carbocycles. The highest BCUT2D eigenvalue weighted by molar-refractivity contribution is 5.91. The van der Waals surface area contributed by atoms with Gasteiger partial charge in [-0.05, 0) is 64.7 Å². The number of hydrogen-bond donors (Lipinski definition) is 1. The zero-order valence-corrected chi connectivity index (χ0v) is 18.4. The standard InChI is InChI=1S/C25H32O5/c1-5-6-7-8-16-29-24-22-20(13-10-14-21(22)30-25(27)23(24)26)28-17-15-19(4)12-9-11-18(2)3/h6-7,10-11,13-15,26H,5,8-9,12,16-17H2,1-4H3. The summed E-state index contributed by atoms with van der Waals surface area (Å²) in [5.74, 6) is 0.0662. The lowest BCUT2D eigenvalue weighted by Crippen LogP contribution is -2.06. The molecule has 1 aromatic heterocycles. The molecule has 0 saturated heterocycles. The maximum Gasteiger partial charge on any atom is 0.382 e. The predicted molar refractivity (Wildman–Crippen MR) is 122 cm³/mol. The van der Waals surface area contributed by atoms with Crippen LogP contribution in [0.15, 0.2) is 62.9 Å². The van der Waals surface area contributed by atoms with Crippen LogP contribution in [-0.4, -0.2) is 18.3 Å². The molecule has 162 valence electrons. The lowest BCUT2D eigenvalue weighted by atomic mass is 10.1. The molecule has 5 nitrogen and oxygen atoms in total. The summed E-state index contributed by atoms with van der Waals surface area (Å²) in [5, 5.41) is 10.7. The second-order valence-electron chi connectivity index (χ2n) is 7.39. The molecule has 1 N–H and O–H groups in total. The van der Waals surface area contributed by atoms with Crippen molar-refractivity contribution in [3.63, 3.8) is 0 Å². The molecule has 0 aliphatic rings. The Bertz CT molecular complexity index is 975. The van der Waals surface area contributed by atoms with Gasteiger partial charge in [0.25, 0.3) is 0 Å². The van der Waals surface area contributed by atoms with E-state index in [1.165, 1.54) is 11.1 Å². The van der Waals surface area contributed by atoms with E-state index in [2.05, 4.69) is 33.8 Å². The normalized spacial score (nSPS) is 11.8. The van der Waals surface area contributed by atoms with Crippen molar-refractivity contribution in [3.8, 4) is 17.2 Å². The lowest BCUT2D eigenvalue weighted by Gasteiger charge is -2.13. The molecule has 0 unspecified atom stereocenters. The van der Waals surface area contributed by atoms with E-state index in [0.717, 1.165) is 19.3 Å². The van der Waals surface area contributed by atoms with Gasteiger partial charge in [-0.3, -0.25) is 0 Å². The second kappa shape index (κ2) is 11.9. The van der Waals surface area contributed by atoms with Gasteiger partial charge in [0.2, 0.25) is 5.75 Å². The van der Waals surface area contributed by atoms with E-state index in [1.54, 1.807) is 18.2 Å². The Labute approximate surface area is 178 Å². The molecule has 0 spiro atoms. The molecule has 1 heterocycles. The summed E-state index contributed by atoms with van der Waals surface area (Å²) in [6.07, 6.45) is 11.9. The number of ether oxygens (including phenoxy) is 2. The highest BCUT2D eigenvalue weighted by Gasteiger charge is 2.19. The maximum atomic E-state index is 12.0. The number of rotatable bonds is 11. The average Bonchev–Trinajstić information content (AvgIpc) is 2.70. The molecule has 2 aromatic rings. The first-order valence-electron chi connectivity index (χ1n) is 10.4. The van der Waals surface area contributed by atoms with E-state index < -0.39 is 11.4 Å². The van der Waals surface area contributed by atoms with Gasteiger partial charge in [0.05, 0.1) is 6.61 Å². The van der Waals surface area contributed by atoms with Crippen molar-refractivity contribution < 1.29 is 19.0 Å². The van der Waals surface area contributed by atoms with Crippen LogP contribution in [0.1, 0.15) is 53.4 Å². The zero-order chi connectivity index (χ0) is 21.9. The van der Waals surface area contributed by atoms with Crippen molar-refractivity contribution in [1.29, 1.82) is 0 Å². The van der Waals surface area contributed by atoms with Gasteiger partial charge < -0.3 is 19.0 Å². The maximum absolute atomic E-state index is 12.0. The van der Waals surface area contributed by atoms with Crippen LogP contribution in [0.5, 0.6) is 17.2 Å². The predicted octanol–water partition coefficient (Wildman–Crippen LogP) is 6.31. The van der Waals surface area contributed by atoms with Crippen molar-refractivity contribution in [1.82, 2.24) is 0 Å². The first kappa shape index (κ1) is 23.3. The second-order valence-corrected chi connectivity index (χ2v) is 7.39. The van der Waals surface area contributed by atoms with Crippen LogP contribution in [0.3, 0.4) is 0 Å². The lowest BCUT2D eigenvalue weighted by molar-refractivity contribution is 0.298. The third-order valence-corrected chi connectivity index (χ3v) is 4.52. The Morgan fingerprint density at radius 1 is 1.10 bits per heavy atom. The molecule has 0 saturated carbocycles. The van der Waals surface area contributed by atoms with Crippen LogP contribution in [-0.2, 0) is 0 Å². The highest BCUT2D eigenvalue weighted by Crippen LogP contribution is 2.38. The molecule has 1 aromatic carbocycles. The van der Waals surface area contributed by atoms with Crippen LogP contribution in [0.2, 0.25) is 0 Å². The Morgan fingerprint density at radius 3 is 2.63 bits per heavy atom. The van der Waals surface area contributed by atoms with E-state index in [-0.39, 0.29) is 5.75 Å². The third kappa shape index (κ3) is 6.83. The fourth-order valence-corrected chi connectivity index (χ4v) is 2.92. The van der Waals surface area contributed by atoms with Crippen molar-refractivity contribution in [2.45, 2.75) is 53.4 Å². The third-order valence-electron chi connectivity index (χ3n) is 4.52. The summed E-state index contributed by atoms with van der Waals surface area (Å²) in [5.41, 5.74) is 2.04. The summed E-state index contributed by atoms with van der Waals surface area (Å²) in [7, 11) is 0. The fraction of sp³-hybridized carbons (Fsp3) is 0.400.